The van der Waals surface area contributed by atoms with Crippen molar-refractivity contribution in [2.75, 3.05) is 20.3 Å². The summed E-state index contributed by atoms with van der Waals surface area (Å²) in [5.41, 5.74) is 7.13. The zero-order chi connectivity index (χ0) is 21.2. The summed E-state index contributed by atoms with van der Waals surface area (Å²) in [6.07, 6.45) is 0. The summed E-state index contributed by atoms with van der Waals surface area (Å²) in [7, 11) is 1.60. The highest BCUT2D eigenvalue weighted by atomic mass is 16.5. The van der Waals surface area contributed by atoms with Gasteiger partial charge in [-0.25, -0.2) is 0 Å². The molecule has 0 bridgehead atoms. The maximum Gasteiger partial charge on any atom is 0.269 e. The minimum atomic E-state index is -0.538. The molecule has 0 unspecified atom stereocenters. The van der Waals surface area contributed by atoms with E-state index in [4.69, 9.17) is 9.47 Å². The number of amides is 2. The summed E-state index contributed by atoms with van der Waals surface area (Å²) in [5.74, 6) is -0.628. The Morgan fingerprint density at radius 2 is 1.33 bits per heavy atom. The number of nitrogens with one attached hydrogen (secondary N) is 2. The number of hydrogen-bond donors (Lipinski definition) is 2. The highest BCUT2D eigenvalue weighted by Gasteiger charge is 2.23. The zero-order valence-corrected chi connectivity index (χ0v) is 16.7. The normalized spacial score (nSPS) is 10.5. The second kappa shape index (κ2) is 10.8. The number of carbonyl (C=O) groups is 2. The van der Waals surface area contributed by atoms with E-state index in [0.717, 1.165) is 11.1 Å². The van der Waals surface area contributed by atoms with Gasteiger partial charge in [0.05, 0.1) is 12.5 Å². The largest absolute Gasteiger partial charge is 0.491 e. The lowest BCUT2D eigenvalue weighted by atomic mass is 9.91. The molecule has 0 saturated carbocycles. The molecule has 0 saturated heterocycles. The molecule has 0 aliphatic carbocycles. The van der Waals surface area contributed by atoms with E-state index < -0.39 is 11.8 Å². The van der Waals surface area contributed by atoms with Crippen LogP contribution in [0, 0.1) is 0 Å². The van der Waals surface area contributed by atoms with Crippen molar-refractivity contribution >= 4 is 11.8 Å². The van der Waals surface area contributed by atoms with Gasteiger partial charge in [0.25, 0.3) is 5.91 Å². The molecule has 0 radical (unpaired) electrons. The smallest absolute Gasteiger partial charge is 0.269 e. The van der Waals surface area contributed by atoms with Gasteiger partial charge in [0, 0.05) is 12.7 Å². The van der Waals surface area contributed by atoms with Crippen molar-refractivity contribution in [2.24, 2.45) is 0 Å². The van der Waals surface area contributed by atoms with Crippen LogP contribution < -0.4 is 15.6 Å². The minimum Gasteiger partial charge on any atom is -0.491 e. The van der Waals surface area contributed by atoms with Crippen LogP contribution in [0.2, 0.25) is 0 Å². The maximum atomic E-state index is 12.9. The lowest BCUT2D eigenvalue weighted by Crippen LogP contribution is -2.44. The molecule has 0 atom stereocenters. The number of benzene rings is 3. The quantitative estimate of drug-likeness (QED) is 0.446. The lowest BCUT2D eigenvalue weighted by Gasteiger charge is -2.18. The third-order valence-electron chi connectivity index (χ3n) is 4.50. The van der Waals surface area contributed by atoms with Crippen LogP contribution in [-0.2, 0) is 9.53 Å². The lowest BCUT2D eigenvalue weighted by molar-refractivity contribution is -0.122. The van der Waals surface area contributed by atoms with Crippen LogP contribution in [0.3, 0.4) is 0 Å². The van der Waals surface area contributed by atoms with Crippen LogP contribution in [0.25, 0.3) is 0 Å². The van der Waals surface area contributed by atoms with E-state index in [1.54, 1.807) is 31.4 Å². The number of rotatable bonds is 8. The second-order valence-electron chi connectivity index (χ2n) is 6.56. The van der Waals surface area contributed by atoms with Gasteiger partial charge in [-0.15, -0.1) is 0 Å². The van der Waals surface area contributed by atoms with E-state index in [9.17, 15) is 9.59 Å². The van der Waals surface area contributed by atoms with E-state index in [1.807, 2.05) is 60.7 Å². The SMILES string of the molecule is COCCOc1ccc(C(=O)NNC(=O)C(c2ccccc2)c2ccccc2)cc1. The fourth-order valence-electron chi connectivity index (χ4n) is 2.99. The van der Waals surface area contributed by atoms with Crippen molar-refractivity contribution in [3.05, 3.63) is 102 Å². The number of methoxy groups -OCH3 is 1. The Morgan fingerprint density at radius 1 is 0.767 bits per heavy atom. The van der Waals surface area contributed by atoms with Crippen LogP contribution in [-0.4, -0.2) is 32.1 Å². The summed E-state index contributed by atoms with van der Waals surface area (Å²) in [6.45, 7) is 0.913. The Balaban J connectivity index is 1.64. The third kappa shape index (κ3) is 5.68. The van der Waals surface area contributed by atoms with Gasteiger partial charge in [0.2, 0.25) is 5.91 Å². The average molecular weight is 404 g/mol. The van der Waals surface area contributed by atoms with Gasteiger partial charge in [-0.3, -0.25) is 20.4 Å². The first-order valence-electron chi connectivity index (χ1n) is 9.61. The topological polar surface area (TPSA) is 76.7 Å². The fraction of sp³-hybridized carbons (Fsp3) is 0.167. The summed E-state index contributed by atoms with van der Waals surface area (Å²) < 4.78 is 10.4. The molecule has 154 valence electrons. The van der Waals surface area contributed by atoms with Crippen LogP contribution in [0.4, 0.5) is 0 Å². The maximum absolute atomic E-state index is 12.9. The molecule has 2 N–H and O–H groups in total. The van der Waals surface area contributed by atoms with Crippen molar-refractivity contribution in [1.82, 2.24) is 10.9 Å². The molecule has 3 aromatic carbocycles. The predicted octanol–water partition coefficient (Wildman–Crippen LogP) is 3.30. The molecule has 0 aromatic heterocycles. The van der Waals surface area contributed by atoms with Crippen molar-refractivity contribution in [3.63, 3.8) is 0 Å². The predicted molar refractivity (Wildman–Crippen MR) is 114 cm³/mol. The summed E-state index contributed by atoms with van der Waals surface area (Å²) >= 11 is 0. The van der Waals surface area contributed by atoms with E-state index in [0.29, 0.717) is 24.5 Å². The van der Waals surface area contributed by atoms with Crippen molar-refractivity contribution in [3.8, 4) is 5.75 Å². The van der Waals surface area contributed by atoms with Crippen molar-refractivity contribution < 1.29 is 19.1 Å². The van der Waals surface area contributed by atoms with E-state index in [2.05, 4.69) is 10.9 Å². The second-order valence-corrected chi connectivity index (χ2v) is 6.56. The first kappa shape index (κ1) is 21.1. The Morgan fingerprint density at radius 3 is 1.87 bits per heavy atom. The number of carbonyl (C=O) groups excluding carboxylic acids is 2. The highest BCUT2D eigenvalue weighted by Crippen LogP contribution is 2.24. The average Bonchev–Trinajstić information content (AvgIpc) is 2.80. The molecule has 0 fully saturated rings. The van der Waals surface area contributed by atoms with Crippen LogP contribution in [0.1, 0.15) is 27.4 Å². The fourth-order valence-corrected chi connectivity index (χ4v) is 2.99. The van der Waals surface area contributed by atoms with E-state index >= 15 is 0 Å². The molecule has 3 rings (SSSR count). The molecule has 0 heterocycles. The summed E-state index contributed by atoms with van der Waals surface area (Å²) in [6, 6.07) is 25.5. The Kier molecular flexibility index (Phi) is 7.58. The number of ether oxygens (including phenoxy) is 2. The first-order chi connectivity index (χ1) is 14.7. The molecular weight excluding hydrogens is 380 g/mol. The van der Waals surface area contributed by atoms with Gasteiger partial charge in [-0.1, -0.05) is 60.7 Å². The summed E-state index contributed by atoms with van der Waals surface area (Å²) in [4.78, 5) is 25.4. The standard InChI is InChI=1S/C24H24N2O4/c1-29-16-17-30-21-14-12-20(13-15-21)23(27)25-26-24(28)22(18-8-4-2-5-9-18)19-10-6-3-7-11-19/h2-15,22H,16-17H2,1H3,(H,25,27)(H,26,28). The molecule has 6 nitrogen and oxygen atoms in total. The molecule has 30 heavy (non-hydrogen) atoms. The first-order valence-corrected chi connectivity index (χ1v) is 9.61. The van der Waals surface area contributed by atoms with E-state index in [-0.39, 0.29) is 5.91 Å². The van der Waals surface area contributed by atoms with Gasteiger partial charge in [-0.2, -0.15) is 0 Å². The Labute approximate surface area is 175 Å². The van der Waals surface area contributed by atoms with Gasteiger partial charge >= 0.3 is 0 Å². The van der Waals surface area contributed by atoms with E-state index in [1.165, 1.54) is 0 Å². The van der Waals surface area contributed by atoms with Crippen LogP contribution >= 0.6 is 0 Å². The number of hydrogen-bond acceptors (Lipinski definition) is 4. The van der Waals surface area contributed by atoms with Crippen LogP contribution in [0.5, 0.6) is 5.75 Å². The molecule has 0 aliphatic rings. The molecule has 0 aliphatic heterocycles. The van der Waals surface area contributed by atoms with Crippen molar-refractivity contribution in [1.29, 1.82) is 0 Å². The molecule has 3 aromatic rings. The number of hydrazine groups is 1. The minimum absolute atomic E-state index is 0.319. The van der Waals surface area contributed by atoms with Gasteiger partial charge in [0.1, 0.15) is 12.4 Å². The summed E-state index contributed by atoms with van der Waals surface area (Å²) in [5, 5.41) is 0. The molecule has 6 heteroatoms. The van der Waals surface area contributed by atoms with Gasteiger partial charge < -0.3 is 9.47 Å². The Bertz CT molecular complexity index is 904. The third-order valence-corrected chi connectivity index (χ3v) is 4.50. The van der Waals surface area contributed by atoms with Crippen molar-refractivity contribution in [2.45, 2.75) is 5.92 Å². The molecule has 0 spiro atoms. The Hall–Kier alpha value is -3.64. The zero-order valence-electron chi connectivity index (χ0n) is 16.7. The van der Waals surface area contributed by atoms with Crippen LogP contribution in [0.15, 0.2) is 84.9 Å². The van der Waals surface area contributed by atoms with Gasteiger partial charge in [0.15, 0.2) is 0 Å². The van der Waals surface area contributed by atoms with Gasteiger partial charge in [-0.05, 0) is 35.4 Å². The highest BCUT2D eigenvalue weighted by molar-refractivity contribution is 5.96. The molecule has 2 amide bonds. The monoisotopic (exact) mass is 404 g/mol. The molecular formula is C24H24N2O4.